The lowest BCUT2D eigenvalue weighted by atomic mass is 10.2. The standard InChI is InChI=1S/C19H13Cl2N3S2/c20-14-7-6-13(17(21)10-14)12-25-19-16(11-22)18(26-24-19)8-9-23-15-4-2-1-3-5-15/h1-10,23H,12H2/b9-8+. The molecule has 2 aromatic carbocycles. The number of nitrogens with zero attached hydrogens (tertiary/aromatic N) is 2. The van der Waals surface area contributed by atoms with Gasteiger partial charge >= 0.3 is 0 Å². The molecule has 0 saturated carbocycles. The van der Waals surface area contributed by atoms with E-state index >= 15 is 0 Å². The number of nitrogens with one attached hydrogen (secondary N) is 1. The number of para-hydroxylation sites is 1. The highest BCUT2D eigenvalue weighted by Crippen LogP contribution is 2.32. The Balaban J connectivity index is 1.69. The van der Waals surface area contributed by atoms with Crippen LogP contribution in [0.25, 0.3) is 6.08 Å². The Labute approximate surface area is 170 Å². The Morgan fingerprint density at radius 3 is 2.73 bits per heavy atom. The molecule has 0 unspecified atom stereocenters. The van der Waals surface area contributed by atoms with Crippen LogP contribution >= 0.6 is 46.5 Å². The highest BCUT2D eigenvalue weighted by Gasteiger charge is 2.13. The van der Waals surface area contributed by atoms with Crippen LogP contribution in [0.1, 0.15) is 16.0 Å². The number of halogens is 2. The zero-order valence-electron chi connectivity index (χ0n) is 13.4. The molecule has 130 valence electrons. The van der Waals surface area contributed by atoms with Gasteiger partial charge in [0.2, 0.25) is 0 Å². The van der Waals surface area contributed by atoms with Crippen LogP contribution < -0.4 is 5.32 Å². The van der Waals surface area contributed by atoms with E-state index in [0.717, 1.165) is 16.1 Å². The van der Waals surface area contributed by atoms with Crippen molar-refractivity contribution in [1.82, 2.24) is 4.37 Å². The van der Waals surface area contributed by atoms with Gasteiger partial charge < -0.3 is 5.32 Å². The molecule has 0 aliphatic heterocycles. The quantitative estimate of drug-likeness (QED) is 0.453. The Hall–Kier alpha value is -1.97. The summed E-state index contributed by atoms with van der Waals surface area (Å²) in [6.45, 7) is 0. The third-order valence-corrected chi connectivity index (χ3v) is 5.97. The average Bonchev–Trinajstić information content (AvgIpc) is 3.04. The fraction of sp³-hybridized carbons (Fsp3) is 0.0526. The predicted octanol–water partition coefficient (Wildman–Crippen LogP) is 6.70. The number of rotatable bonds is 6. The first-order valence-corrected chi connectivity index (χ1v) is 10.1. The maximum atomic E-state index is 9.50. The fourth-order valence-corrected chi connectivity index (χ4v) is 4.56. The molecule has 0 fully saturated rings. The third-order valence-electron chi connectivity index (χ3n) is 3.44. The third kappa shape index (κ3) is 4.80. The topological polar surface area (TPSA) is 48.7 Å². The van der Waals surface area contributed by atoms with Crippen molar-refractivity contribution in [3.8, 4) is 6.07 Å². The van der Waals surface area contributed by atoms with Crippen molar-refractivity contribution in [2.75, 3.05) is 5.32 Å². The second-order valence-electron chi connectivity index (χ2n) is 5.21. The predicted molar refractivity (Wildman–Crippen MR) is 112 cm³/mol. The minimum Gasteiger partial charge on any atom is -0.362 e. The summed E-state index contributed by atoms with van der Waals surface area (Å²) in [5.74, 6) is 0.625. The van der Waals surface area contributed by atoms with Crippen LogP contribution in [0.2, 0.25) is 10.0 Å². The second kappa shape index (κ2) is 9.11. The lowest BCUT2D eigenvalue weighted by molar-refractivity contribution is 1.24. The molecule has 3 rings (SSSR count). The molecule has 0 bridgehead atoms. The molecule has 7 heteroatoms. The molecule has 3 aromatic rings. The number of hydrogen-bond acceptors (Lipinski definition) is 5. The van der Waals surface area contributed by atoms with Gasteiger partial charge in [0.25, 0.3) is 0 Å². The lowest BCUT2D eigenvalue weighted by Gasteiger charge is -2.03. The van der Waals surface area contributed by atoms with Crippen LogP contribution in [0.15, 0.2) is 59.8 Å². The van der Waals surface area contributed by atoms with E-state index in [-0.39, 0.29) is 0 Å². The molecule has 0 atom stereocenters. The van der Waals surface area contributed by atoms with Crippen LogP contribution in [0.5, 0.6) is 0 Å². The van der Waals surface area contributed by atoms with E-state index in [2.05, 4.69) is 15.8 Å². The van der Waals surface area contributed by atoms with Gasteiger partial charge in [-0.2, -0.15) is 9.64 Å². The lowest BCUT2D eigenvalue weighted by Crippen LogP contribution is -1.86. The van der Waals surface area contributed by atoms with Crippen LogP contribution in [-0.4, -0.2) is 4.37 Å². The monoisotopic (exact) mass is 417 g/mol. The van der Waals surface area contributed by atoms with Crippen molar-refractivity contribution in [3.05, 3.63) is 80.8 Å². The van der Waals surface area contributed by atoms with E-state index < -0.39 is 0 Å². The number of hydrogen-bond donors (Lipinski definition) is 1. The smallest absolute Gasteiger partial charge is 0.129 e. The number of aromatic nitrogens is 1. The first kappa shape index (κ1) is 18.8. The molecule has 0 aliphatic rings. The number of benzene rings is 2. The summed E-state index contributed by atoms with van der Waals surface area (Å²) in [5, 5.41) is 14.6. The Morgan fingerprint density at radius 1 is 1.19 bits per heavy atom. The Bertz CT molecular complexity index is 963. The van der Waals surface area contributed by atoms with Crippen LogP contribution in [0.3, 0.4) is 0 Å². The van der Waals surface area contributed by atoms with Gasteiger partial charge in [-0.1, -0.05) is 59.2 Å². The first-order chi connectivity index (χ1) is 12.7. The minimum atomic E-state index is 0.580. The van der Waals surface area contributed by atoms with Crippen LogP contribution in [0, 0.1) is 11.3 Å². The van der Waals surface area contributed by atoms with Gasteiger partial charge in [0.1, 0.15) is 16.7 Å². The van der Waals surface area contributed by atoms with Gasteiger partial charge in [-0.3, -0.25) is 0 Å². The van der Waals surface area contributed by atoms with Crippen LogP contribution in [0.4, 0.5) is 5.69 Å². The number of nitriles is 1. The van der Waals surface area contributed by atoms with Gasteiger partial charge in [-0.25, -0.2) is 0 Å². The van der Waals surface area contributed by atoms with Gasteiger partial charge in [-0.05, 0) is 47.4 Å². The van der Waals surface area contributed by atoms with Gasteiger partial charge in [0.15, 0.2) is 0 Å². The largest absolute Gasteiger partial charge is 0.362 e. The normalized spacial score (nSPS) is 10.8. The summed E-state index contributed by atoms with van der Waals surface area (Å²) in [6, 6.07) is 17.5. The molecule has 3 nitrogen and oxygen atoms in total. The van der Waals surface area contributed by atoms with Crippen molar-refractivity contribution in [3.63, 3.8) is 0 Å². The summed E-state index contributed by atoms with van der Waals surface area (Å²) in [4.78, 5) is 0.820. The molecule has 1 heterocycles. The van der Waals surface area contributed by atoms with Crippen molar-refractivity contribution in [2.45, 2.75) is 10.8 Å². The maximum absolute atomic E-state index is 9.50. The van der Waals surface area contributed by atoms with Crippen molar-refractivity contribution in [2.24, 2.45) is 0 Å². The highest BCUT2D eigenvalue weighted by molar-refractivity contribution is 7.98. The van der Waals surface area contributed by atoms with E-state index in [1.165, 1.54) is 23.3 Å². The summed E-state index contributed by atoms with van der Waals surface area (Å²) < 4.78 is 4.41. The Kier molecular flexibility index (Phi) is 6.59. The summed E-state index contributed by atoms with van der Waals surface area (Å²) in [5.41, 5.74) is 2.52. The van der Waals surface area contributed by atoms with Gasteiger partial charge in [0.05, 0.1) is 4.88 Å². The maximum Gasteiger partial charge on any atom is 0.129 e. The van der Waals surface area contributed by atoms with E-state index in [0.29, 0.717) is 26.4 Å². The summed E-state index contributed by atoms with van der Waals surface area (Å²) >= 11 is 14.9. The molecular formula is C19H13Cl2N3S2. The molecule has 1 N–H and O–H groups in total. The number of thioether (sulfide) groups is 1. The average molecular weight is 418 g/mol. The van der Waals surface area contributed by atoms with E-state index in [9.17, 15) is 5.26 Å². The SMILES string of the molecule is N#Cc1c(SCc2ccc(Cl)cc2Cl)nsc1/C=C/Nc1ccccc1. The summed E-state index contributed by atoms with van der Waals surface area (Å²) in [7, 11) is 0. The molecular weight excluding hydrogens is 405 g/mol. The minimum absolute atomic E-state index is 0.580. The zero-order valence-corrected chi connectivity index (χ0v) is 16.6. The van der Waals surface area contributed by atoms with Crippen molar-refractivity contribution in [1.29, 1.82) is 5.26 Å². The molecule has 0 amide bonds. The zero-order chi connectivity index (χ0) is 18.4. The van der Waals surface area contributed by atoms with E-state index in [4.69, 9.17) is 23.2 Å². The van der Waals surface area contributed by atoms with Gasteiger partial charge in [0, 0.05) is 27.7 Å². The summed E-state index contributed by atoms with van der Waals surface area (Å²) in [6.07, 6.45) is 3.68. The molecule has 0 spiro atoms. The van der Waals surface area contributed by atoms with Crippen molar-refractivity contribution >= 4 is 58.3 Å². The van der Waals surface area contributed by atoms with Crippen LogP contribution in [-0.2, 0) is 5.75 Å². The van der Waals surface area contributed by atoms with Gasteiger partial charge in [-0.15, -0.1) is 0 Å². The van der Waals surface area contributed by atoms with Crippen molar-refractivity contribution < 1.29 is 0 Å². The second-order valence-corrected chi connectivity index (χ2v) is 7.82. The molecule has 0 aliphatic carbocycles. The molecule has 0 saturated heterocycles. The van der Waals surface area contributed by atoms with E-state index in [1.54, 1.807) is 12.1 Å². The fourth-order valence-electron chi connectivity index (χ4n) is 2.14. The van der Waals surface area contributed by atoms with E-state index in [1.807, 2.05) is 48.7 Å². The molecule has 1 aromatic heterocycles. The molecule has 26 heavy (non-hydrogen) atoms. The molecule has 0 radical (unpaired) electrons. The Morgan fingerprint density at radius 2 is 2.00 bits per heavy atom. The highest BCUT2D eigenvalue weighted by atomic mass is 35.5. The first-order valence-electron chi connectivity index (χ1n) is 7.62. The number of anilines is 1.